The van der Waals surface area contributed by atoms with E-state index in [0.29, 0.717) is 12.2 Å². The van der Waals surface area contributed by atoms with E-state index >= 15 is 0 Å². The molecule has 0 aliphatic carbocycles. The average molecular weight is 292 g/mol. The monoisotopic (exact) mass is 292 g/mol. The number of hydrogen-bond donors (Lipinski definition) is 2. The Labute approximate surface area is 120 Å². The van der Waals surface area contributed by atoms with Crippen molar-refractivity contribution in [2.24, 2.45) is 0 Å². The molecule has 1 unspecified atom stereocenters. The third kappa shape index (κ3) is 3.17. The maximum Gasteiger partial charge on any atom is 0.339 e. The van der Waals surface area contributed by atoms with Gasteiger partial charge in [-0.25, -0.2) is 19.7 Å². The summed E-state index contributed by atoms with van der Waals surface area (Å²) in [7, 11) is 0. The number of carboxylic acid groups (broad SMARTS) is 1. The molecule has 2 aromatic heterocycles. The van der Waals surface area contributed by atoms with Crippen LogP contribution in [0.1, 0.15) is 44.6 Å². The number of thiazole rings is 1. The van der Waals surface area contributed by atoms with Crippen molar-refractivity contribution in [3.8, 4) is 0 Å². The predicted molar refractivity (Wildman–Crippen MR) is 75.8 cm³/mol. The van der Waals surface area contributed by atoms with E-state index in [9.17, 15) is 4.79 Å². The Bertz CT molecular complexity index is 627. The van der Waals surface area contributed by atoms with E-state index in [1.165, 1.54) is 12.5 Å². The number of carbonyl (C=O) groups is 1. The van der Waals surface area contributed by atoms with E-state index in [1.54, 1.807) is 11.3 Å². The Morgan fingerprint density at radius 1 is 1.50 bits per heavy atom. The first kappa shape index (κ1) is 14.5. The van der Waals surface area contributed by atoms with Gasteiger partial charge >= 0.3 is 5.97 Å². The second kappa shape index (κ2) is 6.06. The molecule has 0 amide bonds. The highest BCUT2D eigenvalue weighted by atomic mass is 32.1. The lowest BCUT2D eigenvalue weighted by molar-refractivity contribution is 0.0694. The summed E-state index contributed by atoms with van der Waals surface area (Å²) in [6.45, 7) is 6.36. The lowest BCUT2D eigenvalue weighted by Gasteiger charge is -2.13. The molecule has 0 saturated carbocycles. The van der Waals surface area contributed by atoms with Crippen molar-refractivity contribution in [2.45, 2.75) is 33.4 Å². The zero-order valence-electron chi connectivity index (χ0n) is 11.5. The second-order valence-corrected chi connectivity index (χ2v) is 5.71. The maximum atomic E-state index is 11.1. The molecule has 0 aliphatic rings. The lowest BCUT2D eigenvalue weighted by Crippen LogP contribution is -2.20. The van der Waals surface area contributed by atoms with Crippen LogP contribution >= 0.6 is 11.3 Å². The summed E-state index contributed by atoms with van der Waals surface area (Å²) in [4.78, 5) is 24.4. The largest absolute Gasteiger partial charge is 0.478 e. The average Bonchev–Trinajstić information content (AvgIpc) is 2.75. The molecule has 0 spiro atoms. The third-order valence-corrected chi connectivity index (χ3v) is 4.19. The van der Waals surface area contributed by atoms with Gasteiger partial charge in [0.05, 0.1) is 16.4 Å². The van der Waals surface area contributed by atoms with E-state index in [0.717, 1.165) is 15.6 Å². The van der Waals surface area contributed by atoms with Gasteiger partial charge in [-0.3, -0.25) is 0 Å². The molecule has 7 heteroatoms. The SMILES string of the molecule is Cc1nc(C)c(C(C)NCc2ncncc2C(=O)O)s1. The van der Waals surface area contributed by atoms with Crippen molar-refractivity contribution in [1.82, 2.24) is 20.3 Å². The fraction of sp³-hybridized carbons (Fsp3) is 0.385. The van der Waals surface area contributed by atoms with Crippen LogP contribution in [0.2, 0.25) is 0 Å². The van der Waals surface area contributed by atoms with Crippen LogP contribution in [0.25, 0.3) is 0 Å². The van der Waals surface area contributed by atoms with Crippen molar-refractivity contribution in [2.75, 3.05) is 0 Å². The van der Waals surface area contributed by atoms with Gasteiger partial charge in [-0.05, 0) is 20.8 Å². The number of aromatic carboxylic acids is 1. The number of nitrogens with one attached hydrogen (secondary N) is 1. The summed E-state index contributed by atoms with van der Waals surface area (Å²) in [5.74, 6) is -1.01. The van der Waals surface area contributed by atoms with Gasteiger partial charge in [0.2, 0.25) is 0 Å². The normalized spacial score (nSPS) is 12.3. The quantitative estimate of drug-likeness (QED) is 0.877. The van der Waals surface area contributed by atoms with Crippen LogP contribution in [-0.4, -0.2) is 26.0 Å². The van der Waals surface area contributed by atoms with Crippen LogP contribution in [0, 0.1) is 13.8 Å². The molecule has 6 nitrogen and oxygen atoms in total. The molecule has 0 aromatic carbocycles. The summed E-state index contributed by atoms with van der Waals surface area (Å²) in [6, 6.07) is 0.0952. The van der Waals surface area contributed by atoms with Crippen LogP contribution < -0.4 is 5.32 Å². The topological polar surface area (TPSA) is 88.0 Å². The Balaban J connectivity index is 2.09. The Morgan fingerprint density at radius 2 is 2.25 bits per heavy atom. The summed E-state index contributed by atoms with van der Waals surface area (Å²) in [5, 5.41) is 13.4. The Hall–Kier alpha value is -1.86. The van der Waals surface area contributed by atoms with Gasteiger partial charge < -0.3 is 10.4 Å². The minimum Gasteiger partial charge on any atom is -0.478 e. The minimum absolute atomic E-state index is 0.0952. The molecule has 0 bridgehead atoms. The molecule has 0 radical (unpaired) electrons. The maximum absolute atomic E-state index is 11.1. The molecular weight excluding hydrogens is 276 g/mol. The molecular formula is C13H16N4O2S. The molecule has 0 saturated heterocycles. The van der Waals surface area contributed by atoms with Crippen molar-refractivity contribution < 1.29 is 9.90 Å². The van der Waals surface area contributed by atoms with E-state index in [1.807, 2.05) is 20.8 Å². The lowest BCUT2D eigenvalue weighted by atomic mass is 10.2. The molecule has 20 heavy (non-hydrogen) atoms. The van der Waals surface area contributed by atoms with E-state index < -0.39 is 5.97 Å². The van der Waals surface area contributed by atoms with E-state index in [4.69, 9.17) is 5.11 Å². The standard InChI is InChI=1S/C13H16N4O2S/c1-7(12-8(2)17-9(3)20-12)15-5-11-10(13(18)19)4-14-6-16-11/h4,6-7,15H,5H2,1-3H3,(H,18,19). The van der Waals surface area contributed by atoms with Gasteiger partial charge in [0, 0.05) is 23.7 Å². The van der Waals surface area contributed by atoms with Crippen molar-refractivity contribution in [3.63, 3.8) is 0 Å². The smallest absolute Gasteiger partial charge is 0.339 e. The summed E-state index contributed by atoms with van der Waals surface area (Å²) < 4.78 is 0. The Kier molecular flexibility index (Phi) is 4.41. The number of rotatable bonds is 5. The van der Waals surface area contributed by atoms with Crippen LogP contribution in [0.3, 0.4) is 0 Å². The molecule has 106 valence electrons. The molecule has 2 N–H and O–H groups in total. The minimum atomic E-state index is -1.01. The molecule has 2 aromatic rings. The fourth-order valence-electron chi connectivity index (χ4n) is 1.97. The first-order valence-electron chi connectivity index (χ1n) is 6.18. The van der Waals surface area contributed by atoms with Gasteiger partial charge in [-0.15, -0.1) is 11.3 Å². The molecule has 0 fully saturated rings. The van der Waals surface area contributed by atoms with Crippen LogP contribution in [0.15, 0.2) is 12.5 Å². The molecule has 0 aliphatic heterocycles. The van der Waals surface area contributed by atoms with Crippen molar-refractivity contribution in [1.29, 1.82) is 0 Å². The van der Waals surface area contributed by atoms with E-state index in [-0.39, 0.29) is 11.6 Å². The third-order valence-electron chi connectivity index (χ3n) is 2.93. The fourth-order valence-corrected chi connectivity index (χ4v) is 2.92. The molecule has 2 rings (SSSR count). The van der Waals surface area contributed by atoms with Gasteiger partial charge in [-0.1, -0.05) is 0 Å². The number of nitrogens with zero attached hydrogens (tertiary/aromatic N) is 3. The highest BCUT2D eigenvalue weighted by molar-refractivity contribution is 7.11. The van der Waals surface area contributed by atoms with E-state index in [2.05, 4.69) is 20.3 Å². The highest BCUT2D eigenvalue weighted by Gasteiger charge is 2.15. The van der Waals surface area contributed by atoms with Gasteiger partial charge in [-0.2, -0.15) is 0 Å². The second-order valence-electron chi connectivity index (χ2n) is 4.47. The molecule has 1 atom stereocenters. The van der Waals surface area contributed by atoms with Crippen molar-refractivity contribution in [3.05, 3.63) is 39.4 Å². The first-order chi connectivity index (χ1) is 9.49. The summed E-state index contributed by atoms with van der Waals surface area (Å²) in [6.07, 6.45) is 2.68. The van der Waals surface area contributed by atoms with Crippen molar-refractivity contribution >= 4 is 17.3 Å². The predicted octanol–water partition coefficient (Wildman–Crippen LogP) is 2.10. The summed E-state index contributed by atoms with van der Waals surface area (Å²) in [5.41, 5.74) is 1.62. The van der Waals surface area contributed by atoms with Crippen LogP contribution in [-0.2, 0) is 6.54 Å². The number of hydrogen-bond acceptors (Lipinski definition) is 6. The number of aromatic nitrogens is 3. The Morgan fingerprint density at radius 3 is 2.85 bits per heavy atom. The zero-order valence-corrected chi connectivity index (χ0v) is 12.4. The van der Waals surface area contributed by atoms with Gasteiger partial charge in [0.1, 0.15) is 11.9 Å². The number of carboxylic acids is 1. The van der Waals surface area contributed by atoms with Gasteiger partial charge in [0.25, 0.3) is 0 Å². The summed E-state index contributed by atoms with van der Waals surface area (Å²) >= 11 is 1.65. The molecule has 2 heterocycles. The van der Waals surface area contributed by atoms with Gasteiger partial charge in [0.15, 0.2) is 0 Å². The first-order valence-corrected chi connectivity index (χ1v) is 7.00. The van der Waals surface area contributed by atoms with Crippen LogP contribution in [0.5, 0.6) is 0 Å². The van der Waals surface area contributed by atoms with Crippen LogP contribution in [0.4, 0.5) is 0 Å². The zero-order chi connectivity index (χ0) is 14.7. The highest BCUT2D eigenvalue weighted by Crippen LogP contribution is 2.24. The number of aryl methyl sites for hydroxylation is 2.